The lowest BCUT2D eigenvalue weighted by atomic mass is 9.98. The summed E-state index contributed by atoms with van der Waals surface area (Å²) in [6.45, 7) is 19.3. The molecule has 2 aliphatic heterocycles. The lowest BCUT2D eigenvalue weighted by Gasteiger charge is -2.43. The van der Waals surface area contributed by atoms with Crippen LogP contribution in [0.25, 0.3) is 0 Å². The van der Waals surface area contributed by atoms with Crippen LogP contribution >= 0.6 is 11.3 Å². The summed E-state index contributed by atoms with van der Waals surface area (Å²) in [5.41, 5.74) is -4.73. The molecule has 3 fully saturated rings. The van der Waals surface area contributed by atoms with E-state index in [0.717, 1.165) is 21.0 Å². The molecule has 3 aliphatic rings. The molecule has 0 unspecified atom stereocenters. The maximum Gasteiger partial charge on any atom is 0.417 e. The fourth-order valence-electron chi connectivity index (χ4n) is 8.15. The number of nitrogens with one attached hydrogen (secondary N) is 3. The fraction of sp³-hybridized carbons (Fsp3) is 0.519. The molecule has 1 saturated carbocycles. The minimum absolute atomic E-state index is 0.0517. The van der Waals surface area contributed by atoms with Crippen LogP contribution in [0.4, 0.5) is 24.3 Å². The largest absolute Gasteiger partial charge is 0.450 e. The number of hydrogen-bond donors (Lipinski definition) is 4. The molecule has 2 aromatic carbocycles. The summed E-state index contributed by atoms with van der Waals surface area (Å²) in [4.78, 5) is 113. The number of guanidine groups is 1. The second kappa shape index (κ2) is 24.9. The normalized spacial score (nSPS) is 17.5. The molecule has 7 rings (SSSR count). The van der Waals surface area contributed by atoms with Gasteiger partial charge in [-0.2, -0.15) is 23.4 Å². The van der Waals surface area contributed by atoms with Crippen molar-refractivity contribution in [2.75, 3.05) is 25.0 Å². The Kier molecular flexibility index (Phi) is 18.8. The number of thiazole rings is 1. The number of alkyl carbamates (subject to hydrolysis) is 1. The standard InChI is InChI=1S/C54H70N12O16S2/c1-50(2,3)78-46(70)59-44(64(49(73)81-53(10,11)12)29-32-27-63(28-32)48(72)80-52(7,8)9)55-25-35-26-56-65(61-35)30-37-39(42(68)66(37)84(74,75)76)58-41(67)38(36-31-83-45(57-36)60-47(71)79-51(4,5)6)62-82-54(23-24-54)43(69)77-40(33-19-15-13-16-20-33)34-21-17-14-18-22-34/h13-22,26,31-32,37,39-40H,23-25,27-30H2,1-12H3,(H,58,67)(H,55,59,70)(H,57,60,71)(H,74,75,76)/b62-38-/t37-,39+/m1/s1. The molecule has 6 amide bonds. The van der Waals surface area contributed by atoms with Gasteiger partial charge in [0.05, 0.1) is 19.3 Å². The minimum atomic E-state index is -5.28. The average molecular weight is 1210 g/mol. The number of nitrogens with zero attached hydrogens (tertiary/aromatic N) is 9. The van der Waals surface area contributed by atoms with E-state index in [1.165, 1.54) is 16.5 Å². The molecular formula is C54H70N12O16S2. The number of ether oxygens (including phenoxy) is 5. The molecule has 28 nitrogen and oxygen atoms in total. The Labute approximate surface area is 489 Å². The summed E-state index contributed by atoms with van der Waals surface area (Å²) in [7, 11) is -5.28. The van der Waals surface area contributed by atoms with Crippen molar-refractivity contribution in [3.63, 3.8) is 0 Å². The summed E-state index contributed by atoms with van der Waals surface area (Å²) in [6.07, 6.45) is -2.69. The number of hydrogen-bond acceptors (Lipinski definition) is 21. The first-order chi connectivity index (χ1) is 39.0. The van der Waals surface area contributed by atoms with Gasteiger partial charge in [-0.1, -0.05) is 65.8 Å². The van der Waals surface area contributed by atoms with E-state index in [1.54, 1.807) is 132 Å². The van der Waals surface area contributed by atoms with Crippen molar-refractivity contribution in [2.45, 2.75) is 155 Å². The maximum atomic E-state index is 14.5. The Morgan fingerprint density at radius 1 is 0.821 bits per heavy atom. The van der Waals surface area contributed by atoms with Crippen molar-refractivity contribution in [3.05, 3.63) is 94.8 Å². The molecule has 0 bridgehead atoms. The molecule has 454 valence electrons. The number of carbonyl (C=O) groups is 7. The van der Waals surface area contributed by atoms with Crippen LogP contribution in [0.1, 0.15) is 125 Å². The number of likely N-dealkylation sites (tertiary alicyclic amines) is 1. The Balaban J connectivity index is 1.14. The molecule has 4 heterocycles. The topological polar surface area (TPSA) is 343 Å². The quantitative estimate of drug-likeness (QED) is 0.0170. The highest BCUT2D eigenvalue weighted by Gasteiger charge is 2.57. The highest BCUT2D eigenvalue weighted by Crippen LogP contribution is 2.43. The van der Waals surface area contributed by atoms with Gasteiger partial charge in [-0.05, 0) is 94.2 Å². The van der Waals surface area contributed by atoms with Crippen LogP contribution in [0.3, 0.4) is 0 Å². The number of carbonyl (C=O) groups excluding carboxylic acids is 7. The fourth-order valence-corrected chi connectivity index (χ4v) is 9.70. The predicted molar refractivity (Wildman–Crippen MR) is 301 cm³/mol. The van der Waals surface area contributed by atoms with Gasteiger partial charge in [-0.15, -0.1) is 11.3 Å². The van der Waals surface area contributed by atoms with Crippen LogP contribution in [0.15, 0.2) is 82.4 Å². The second-order valence-corrected chi connectivity index (χ2v) is 26.1. The van der Waals surface area contributed by atoms with Gasteiger partial charge in [0.15, 0.2) is 16.9 Å². The third-order valence-corrected chi connectivity index (χ3v) is 13.7. The number of anilines is 1. The van der Waals surface area contributed by atoms with Crippen LogP contribution in [0.2, 0.25) is 0 Å². The van der Waals surface area contributed by atoms with E-state index in [4.69, 9.17) is 28.5 Å². The van der Waals surface area contributed by atoms with Crippen molar-refractivity contribution in [1.29, 1.82) is 0 Å². The third-order valence-electron chi connectivity index (χ3n) is 11.9. The Hall–Kier alpha value is -8.25. The molecular weight excluding hydrogens is 1140 g/mol. The van der Waals surface area contributed by atoms with Crippen molar-refractivity contribution in [1.82, 2.24) is 44.7 Å². The van der Waals surface area contributed by atoms with E-state index < -0.39 is 117 Å². The number of amides is 6. The van der Waals surface area contributed by atoms with Crippen LogP contribution in [-0.4, -0.2) is 161 Å². The maximum absolute atomic E-state index is 14.5. The third kappa shape index (κ3) is 17.4. The highest BCUT2D eigenvalue weighted by molar-refractivity contribution is 7.84. The zero-order valence-corrected chi connectivity index (χ0v) is 50.2. The van der Waals surface area contributed by atoms with Crippen LogP contribution < -0.4 is 16.0 Å². The molecule has 0 spiro atoms. The summed E-state index contributed by atoms with van der Waals surface area (Å²) in [6, 6.07) is 14.7. The molecule has 84 heavy (non-hydrogen) atoms. The van der Waals surface area contributed by atoms with E-state index in [-0.39, 0.29) is 65.2 Å². The molecule has 4 aromatic rings. The summed E-state index contributed by atoms with van der Waals surface area (Å²) < 4.78 is 63.9. The van der Waals surface area contributed by atoms with Crippen molar-refractivity contribution in [2.24, 2.45) is 16.1 Å². The molecule has 2 aromatic heterocycles. The van der Waals surface area contributed by atoms with Gasteiger partial charge >= 0.3 is 40.6 Å². The first kappa shape index (κ1) is 63.3. The van der Waals surface area contributed by atoms with E-state index in [9.17, 15) is 46.5 Å². The van der Waals surface area contributed by atoms with Gasteiger partial charge in [-0.25, -0.2) is 43.2 Å². The molecule has 2 atom stereocenters. The van der Waals surface area contributed by atoms with E-state index in [1.807, 2.05) is 12.1 Å². The van der Waals surface area contributed by atoms with E-state index in [0.29, 0.717) is 11.1 Å². The first-order valence-electron chi connectivity index (χ1n) is 26.6. The molecule has 30 heteroatoms. The summed E-state index contributed by atoms with van der Waals surface area (Å²) in [5.74, 6) is -3.89. The summed E-state index contributed by atoms with van der Waals surface area (Å²) in [5, 5.41) is 21.4. The zero-order valence-electron chi connectivity index (χ0n) is 48.6. The number of benzene rings is 2. The zero-order chi connectivity index (χ0) is 61.7. The number of aliphatic imine (C=N–C) groups is 1. The Morgan fingerprint density at radius 2 is 1.39 bits per heavy atom. The smallest absolute Gasteiger partial charge is 0.417 e. The Bertz CT molecular complexity index is 3220. The SMILES string of the molecule is CC(C)(C)OC(=O)NC(=NCc1cnn(C[C@@H]2[C@H](NC(=O)/C(=N\OC3(C(=O)OC(c4ccccc4)c4ccccc4)CC3)c3csc(NC(=O)OC(C)(C)C)n3)C(=O)N2S(=O)(=O)O)n1)N(CC1CN(C(=O)OC(C)(C)C)C1)C(=O)OC(C)(C)C. The predicted octanol–water partition coefficient (Wildman–Crippen LogP) is 6.35. The Morgan fingerprint density at radius 3 is 1.94 bits per heavy atom. The number of β-lactam (4-membered cyclic amide) rings is 1. The van der Waals surface area contributed by atoms with Crippen LogP contribution in [-0.2, 0) is 66.3 Å². The van der Waals surface area contributed by atoms with Gasteiger partial charge in [0, 0.05) is 43.8 Å². The van der Waals surface area contributed by atoms with Gasteiger partial charge in [-0.3, -0.25) is 24.8 Å². The molecule has 1 aliphatic carbocycles. The summed E-state index contributed by atoms with van der Waals surface area (Å²) >= 11 is 0.862. The number of rotatable bonds is 17. The van der Waals surface area contributed by atoms with Crippen molar-refractivity contribution >= 4 is 80.6 Å². The lowest BCUT2D eigenvalue weighted by Crippen LogP contribution is -2.73. The number of oxime groups is 1. The van der Waals surface area contributed by atoms with Gasteiger partial charge in [0.2, 0.25) is 11.6 Å². The lowest BCUT2D eigenvalue weighted by molar-refractivity contribution is -0.164. The monoisotopic (exact) mass is 1210 g/mol. The van der Waals surface area contributed by atoms with Crippen LogP contribution in [0, 0.1) is 5.92 Å². The minimum Gasteiger partial charge on any atom is -0.450 e. The molecule has 0 radical (unpaired) electrons. The van der Waals surface area contributed by atoms with E-state index in [2.05, 4.69) is 41.3 Å². The second-order valence-electron chi connectivity index (χ2n) is 23.9. The first-order valence-corrected chi connectivity index (χ1v) is 28.9. The van der Waals surface area contributed by atoms with Gasteiger partial charge in [0.25, 0.3) is 11.8 Å². The number of aromatic nitrogens is 4. The van der Waals surface area contributed by atoms with Crippen LogP contribution in [0.5, 0.6) is 0 Å². The van der Waals surface area contributed by atoms with Gasteiger partial charge < -0.3 is 38.7 Å². The average Bonchev–Trinajstić information content (AvgIpc) is 1.08. The van der Waals surface area contributed by atoms with Crippen molar-refractivity contribution in [3.8, 4) is 0 Å². The van der Waals surface area contributed by atoms with Crippen molar-refractivity contribution < 1.29 is 75.1 Å². The van der Waals surface area contributed by atoms with Gasteiger partial charge in [0.1, 0.15) is 45.9 Å². The number of esters is 1. The van der Waals surface area contributed by atoms with E-state index >= 15 is 0 Å². The molecule has 2 saturated heterocycles. The highest BCUT2D eigenvalue weighted by atomic mass is 32.2. The molecule has 4 N–H and O–H groups in total.